The number of ether oxygens (including phenoxy) is 3. The summed E-state index contributed by atoms with van der Waals surface area (Å²) in [6, 6.07) is 28.3. The van der Waals surface area contributed by atoms with Gasteiger partial charge in [-0.3, -0.25) is 9.48 Å². The van der Waals surface area contributed by atoms with Crippen LogP contribution in [0.4, 0.5) is 0 Å². The molecule has 0 atom stereocenters. The van der Waals surface area contributed by atoms with Crippen LogP contribution in [0.5, 0.6) is 17.2 Å². The number of aromatic nitrogens is 3. The number of benzene rings is 4. The number of ketones is 1. The van der Waals surface area contributed by atoms with E-state index in [-0.39, 0.29) is 12.4 Å². The van der Waals surface area contributed by atoms with Crippen molar-refractivity contribution >= 4 is 39.7 Å². The highest BCUT2D eigenvalue weighted by atomic mass is 16.5. The molecule has 0 aliphatic rings. The number of para-hydroxylation sites is 1. The molecule has 0 unspecified atom stereocenters. The van der Waals surface area contributed by atoms with Gasteiger partial charge in [-0.2, -0.15) is 0 Å². The smallest absolute Gasteiger partial charge is 0.339 e. The van der Waals surface area contributed by atoms with Crippen LogP contribution in [0.1, 0.15) is 29.7 Å². The maximum absolute atomic E-state index is 12.6. The van der Waals surface area contributed by atoms with E-state index < -0.39 is 5.63 Å². The van der Waals surface area contributed by atoms with Gasteiger partial charge in [0.25, 0.3) is 0 Å². The van der Waals surface area contributed by atoms with Crippen molar-refractivity contribution in [3.63, 3.8) is 0 Å². The number of aryl methyl sites for hydroxylation is 1. The molecule has 4 aromatic carbocycles. The Morgan fingerprint density at radius 2 is 1.64 bits per heavy atom. The van der Waals surface area contributed by atoms with Crippen molar-refractivity contribution in [2.45, 2.75) is 26.0 Å². The van der Waals surface area contributed by atoms with Crippen molar-refractivity contribution in [1.29, 1.82) is 0 Å². The summed E-state index contributed by atoms with van der Waals surface area (Å²) in [5, 5.41) is 11.4. The van der Waals surface area contributed by atoms with Crippen LogP contribution < -0.4 is 19.8 Å². The lowest BCUT2D eigenvalue weighted by Gasteiger charge is -2.10. The third-order valence-electron chi connectivity index (χ3n) is 7.49. The lowest BCUT2D eigenvalue weighted by molar-refractivity contribution is -0.110. The quantitative estimate of drug-likeness (QED) is 0.0705. The zero-order valence-corrected chi connectivity index (χ0v) is 25.9. The van der Waals surface area contributed by atoms with Crippen LogP contribution in [0.15, 0.2) is 119 Å². The largest absolute Gasteiger partial charge is 0.493 e. The molecule has 0 fully saturated rings. The van der Waals surface area contributed by atoms with Gasteiger partial charge in [0.05, 0.1) is 31.4 Å². The molecule has 0 saturated carbocycles. The van der Waals surface area contributed by atoms with Crippen LogP contribution in [0.2, 0.25) is 0 Å². The van der Waals surface area contributed by atoms with Crippen LogP contribution in [0, 0.1) is 0 Å². The molecule has 9 heteroatoms. The third kappa shape index (κ3) is 8.01. The molecule has 2 heterocycles. The molecule has 0 bridgehead atoms. The van der Waals surface area contributed by atoms with E-state index in [2.05, 4.69) is 22.4 Å². The molecule has 0 amide bonds. The number of fused-ring (bicyclic) bond motifs is 2. The molecular formula is C38H33N3O6. The molecule has 9 nitrogen and oxygen atoms in total. The summed E-state index contributed by atoms with van der Waals surface area (Å²) in [4.78, 5) is 24.4. The van der Waals surface area contributed by atoms with Gasteiger partial charge in [0, 0.05) is 6.54 Å². The van der Waals surface area contributed by atoms with Crippen molar-refractivity contribution in [3.05, 3.63) is 137 Å². The Morgan fingerprint density at radius 3 is 2.53 bits per heavy atom. The summed E-state index contributed by atoms with van der Waals surface area (Å²) in [5.74, 6) is 1.50. The van der Waals surface area contributed by atoms with Gasteiger partial charge in [-0.1, -0.05) is 78.0 Å². The lowest BCUT2D eigenvalue weighted by Crippen LogP contribution is -2.05. The van der Waals surface area contributed by atoms with Crippen LogP contribution >= 0.6 is 0 Å². The first kappa shape index (κ1) is 31.0. The van der Waals surface area contributed by atoms with E-state index in [4.69, 9.17) is 18.6 Å². The van der Waals surface area contributed by atoms with E-state index in [1.54, 1.807) is 36.1 Å². The molecule has 0 N–H and O–H groups in total. The van der Waals surface area contributed by atoms with Gasteiger partial charge >= 0.3 is 5.63 Å². The van der Waals surface area contributed by atoms with Crippen molar-refractivity contribution in [3.8, 4) is 17.2 Å². The highest BCUT2D eigenvalue weighted by Gasteiger charge is 2.09. The van der Waals surface area contributed by atoms with Crippen molar-refractivity contribution in [1.82, 2.24) is 15.0 Å². The predicted molar refractivity (Wildman–Crippen MR) is 182 cm³/mol. The zero-order chi connectivity index (χ0) is 32.4. The Labute approximate surface area is 271 Å². The van der Waals surface area contributed by atoms with E-state index in [0.717, 1.165) is 40.1 Å². The van der Waals surface area contributed by atoms with Gasteiger partial charge in [0.15, 0.2) is 17.3 Å². The first-order valence-electron chi connectivity index (χ1n) is 15.3. The first-order chi connectivity index (χ1) is 23.1. The fourth-order valence-corrected chi connectivity index (χ4v) is 5.13. The van der Waals surface area contributed by atoms with Gasteiger partial charge in [0.2, 0.25) is 0 Å². The summed E-state index contributed by atoms with van der Waals surface area (Å²) in [6.45, 7) is 1.34. The van der Waals surface area contributed by atoms with E-state index >= 15 is 0 Å². The lowest BCUT2D eigenvalue weighted by atomic mass is 10.0. The second-order valence-corrected chi connectivity index (χ2v) is 10.8. The van der Waals surface area contributed by atoms with E-state index in [0.29, 0.717) is 41.7 Å². The Balaban J connectivity index is 0.970. The number of carbonyl (C=O) groups excluding carboxylic acids is 1. The van der Waals surface area contributed by atoms with Gasteiger partial charge < -0.3 is 18.6 Å². The minimum absolute atomic E-state index is 0.119. The molecule has 47 heavy (non-hydrogen) atoms. The molecule has 0 aliphatic heterocycles. The molecule has 0 aliphatic carbocycles. The molecule has 6 rings (SSSR count). The number of nitrogens with zero attached hydrogens (tertiary/aromatic N) is 3. The number of allylic oxidation sites excluding steroid dienone is 2. The Kier molecular flexibility index (Phi) is 9.83. The fraction of sp³-hybridized carbons (Fsp3) is 0.158. The molecule has 6 aromatic rings. The Hall–Kier alpha value is -5.96. The van der Waals surface area contributed by atoms with E-state index in [9.17, 15) is 9.59 Å². The van der Waals surface area contributed by atoms with Crippen molar-refractivity contribution < 1.29 is 23.4 Å². The number of hydrogen-bond donors (Lipinski definition) is 0. The highest BCUT2D eigenvalue weighted by molar-refractivity contribution is 6.05. The van der Waals surface area contributed by atoms with Gasteiger partial charge in [-0.15, -0.1) is 5.10 Å². The average molecular weight is 628 g/mol. The first-order valence-corrected chi connectivity index (χ1v) is 15.3. The summed E-state index contributed by atoms with van der Waals surface area (Å²) >= 11 is 0. The third-order valence-corrected chi connectivity index (χ3v) is 7.49. The minimum Gasteiger partial charge on any atom is -0.493 e. The van der Waals surface area contributed by atoms with E-state index in [1.165, 1.54) is 12.1 Å². The number of rotatable bonds is 14. The maximum atomic E-state index is 12.6. The van der Waals surface area contributed by atoms with Gasteiger partial charge in [-0.25, -0.2) is 4.79 Å². The number of carbonyl (C=O) groups is 1. The monoisotopic (exact) mass is 627 g/mol. The fourth-order valence-electron chi connectivity index (χ4n) is 5.13. The summed E-state index contributed by atoms with van der Waals surface area (Å²) in [7, 11) is 1.57. The zero-order valence-electron chi connectivity index (χ0n) is 25.9. The molecule has 2 aromatic heterocycles. The van der Waals surface area contributed by atoms with E-state index in [1.807, 2.05) is 72.9 Å². The van der Waals surface area contributed by atoms with Gasteiger partial charge in [0.1, 0.15) is 23.6 Å². The minimum atomic E-state index is -0.435. The summed E-state index contributed by atoms with van der Waals surface area (Å²) < 4.78 is 24.4. The van der Waals surface area contributed by atoms with Crippen LogP contribution in [0.3, 0.4) is 0 Å². The number of methoxy groups -OCH3 is 1. The van der Waals surface area contributed by atoms with Crippen LogP contribution in [0.25, 0.3) is 33.9 Å². The second kappa shape index (κ2) is 14.9. The Bertz CT molecular complexity index is 2120. The summed E-state index contributed by atoms with van der Waals surface area (Å²) in [5.41, 5.74) is 2.55. The van der Waals surface area contributed by atoms with Gasteiger partial charge in [-0.05, 0) is 71.2 Å². The second-order valence-electron chi connectivity index (χ2n) is 10.8. The Morgan fingerprint density at radius 1 is 0.830 bits per heavy atom. The normalized spacial score (nSPS) is 11.5. The molecule has 0 spiro atoms. The van der Waals surface area contributed by atoms with Crippen molar-refractivity contribution in [2.75, 3.05) is 13.7 Å². The molecule has 0 saturated heterocycles. The SMILES string of the molecule is COc1cc(/C=C/C(=O)/C=C/c2cccc3ccccc23)ccc1OCc1cn(CCCCOc2cc(=O)oc3ccccc23)nn1. The molecule has 236 valence electrons. The van der Waals surface area contributed by atoms with Crippen LogP contribution in [-0.2, 0) is 17.9 Å². The van der Waals surface area contributed by atoms with Crippen LogP contribution in [-0.4, -0.2) is 34.5 Å². The predicted octanol–water partition coefficient (Wildman–Crippen LogP) is 7.28. The summed E-state index contributed by atoms with van der Waals surface area (Å²) in [6.07, 6.45) is 10.1. The topological polar surface area (TPSA) is 106 Å². The highest BCUT2D eigenvalue weighted by Crippen LogP contribution is 2.29. The maximum Gasteiger partial charge on any atom is 0.339 e. The number of hydrogen-bond acceptors (Lipinski definition) is 8. The van der Waals surface area contributed by atoms with Crippen molar-refractivity contribution in [2.24, 2.45) is 0 Å². The molecular weight excluding hydrogens is 594 g/mol. The number of unbranched alkanes of at least 4 members (excludes halogenated alkanes) is 1. The average Bonchev–Trinajstić information content (AvgIpc) is 3.56. The standard InChI is InChI=1S/C38H33N3O6/c1-44-37-23-27(15-18-31(42)19-17-29-11-8-10-28-9-2-3-12-32(28)29)16-20-35(37)46-26-30-25-41(40-39-30)21-6-7-22-45-36-24-38(43)47-34-14-5-4-13-33(34)36/h2-5,8-20,23-25H,6-7,21-22,26H2,1H3/b18-15+,19-17+. The molecule has 0 radical (unpaired) electrons.